The zero-order valence-corrected chi connectivity index (χ0v) is 22.9. The predicted molar refractivity (Wildman–Crippen MR) is 142 cm³/mol. The highest BCUT2D eigenvalue weighted by molar-refractivity contribution is 5.76. The molecule has 2 bridgehead atoms. The van der Waals surface area contributed by atoms with E-state index in [-0.39, 0.29) is 29.5 Å². The molecule has 1 spiro atoms. The topological polar surface area (TPSA) is 78.1 Å². The van der Waals surface area contributed by atoms with Gasteiger partial charge in [-0.05, 0) is 61.8 Å². The lowest BCUT2D eigenvalue weighted by Crippen LogP contribution is -2.61. The molecule has 2 aromatic rings. The van der Waals surface area contributed by atoms with Crippen LogP contribution >= 0.6 is 0 Å². The van der Waals surface area contributed by atoms with Crippen molar-refractivity contribution >= 4 is 5.91 Å². The molecule has 0 saturated carbocycles. The molecule has 10 heteroatoms. The van der Waals surface area contributed by atoms with E-state index in [4.69, 9.17) is 14.2 Å². The summed E-state index contributed by atoms with van der Waals surface area (Å²) in [5.41, 5.74) is 0.617. The summed E-state index contributed by atoms with van der Waals surface area (Å²) in [6, 6.07) is 14.5. The van der Waals surface area contributed by atoms with Crippen molar-refractivity contribution < 1.29 is 36.9 Å². The Labute approximate surface area is 232 Å². The van der Waals surface area contributed by atoms with Gasteiger partial charge in [-0.15, -0.1) is 13.2 Å². The SMILES string of the molecule is COCCCNC(=O)CC1CC2(c3ccccc3)NC1CCC21CC(c2cc(OC(F)(F)F)ccc2OC)CO1. The fourth-order valence-electron chi connectivity index (χ4n) is 7.09. The van der Waals surface area contributed by atoms with E-state index < -0.39 is 17.5 Å². The minimum atomic E-state index is -4.78. The molecule has 3 fully saturated rings. The molecule has 2 N–H and O–H groups in total. The quantitative estimate of drug-likeness (QED) is 0.395. The minimum absolute atomic E-state index is 0.0316. The van der Waals surface area contributed by atoms with Gasteiger partial charge in [-0.2, -0.15) is 0 Å². The molecule has 3 aliphatic heterocycles. The summed E-state index contributed by atoms with van der Waals surface area (Å²) in [4.78, 5) is 12.8. The third-order valence-electron chi connectivity index (χ3n) is 8.78. The zero-order valence-electron chi connectivity index (χ0n) is 22.9. The molecule has 5 unspecified atom stereocenters. The van der Waals surface area contributed by atoms with E-state index in [9.17, 15) is 18.0 Å². The molecule has 40 heavy (non-hydrogen) atoms. The summed E-state index contributed by atoms with van der Waals surface area (Å²) < 4.78 is 60.5. The van der Waals surface area contributed by atoms with Crippen molar-refractivity contribution in [3.63, 3.8) is 0 Å². The normalized spacial score (nSPS) is 29.5. The minimum Gasteiger partial charge on any atom is -0.496 e. The summed E-state index contributed by atoms with van der Waals surface area (Å²) in [5.74, 6) is 0.201. The van der Waals surface area contributed by atoms with E-state index in [2.05, 4.69) is 27.5 Å². The molecule has 218 valence electrons. The van der Waals surface area contributed by atoms with Crippen LogP contribution in [0.4, 0.5) is 13.2 Å². The number of piperidine rings is 1. The molecule has 0 aromatic heterocycles. The van der Waals surface area contributed by atoms with Crippen molar-refractivity contribution in [2.24, 2.45) is 5.92 Å². The van der Waals surface area contributed by atoms with Crippen molar-refractivity contribution in [3.8, 4) is 11.5 Å². The number of ether oxygens (including phenoxy) is 4. The fraction of sp³-hybridized carbons (Fsp3) is 0.567. The van der Waals surface area contributed by atoms with Crippen LogP contribution in [0, 0.1) is 5.92 Å². The maximum absolute atomic E-state index is 13.0. The number of hydrogen-bond donors (Lipinski definition) is 2. The Kier molecular flexibility index (Phi) is 8.31. The molecule has 5 atom stereocenters. The Bertz CT molecular complexity index is 1180. The van der Waals surface area contributed by atoms with Crippen LogP contribution in [0.5, 0.6) is 11.5 Å². The van der Waals surface area contributed by atoms with Crippen LogP contribution in [-0.2, 0) is 19.8 Å². The number of fused-ring (bicyclic) bond motifs is 3. The van der Waals surface area contributed by atoms with Gasteiger partial charge in [-0.1, -0.05) is 30.3 Å². The van der Waals surface area contributed by atoms with Crippen LogP contribution in [0.2, 0.25) is 0 Å². The van der Waals surface area contributed by atoms with Gasteiger partial charge >= 0.3 is 6.36 Å². The number of benzene rings is 2. The summed E-state index contributed by atoms with van der Waals surface area (Å²) >= 11 is 0. The number of carbonyl (C=O) groups excluding carboxylic acids is 1. The highest BCUT2D eigenvalue weighted by Crippen LogP contribution is 2.59. The van der Waals surface area contributed by atoms with Gasteiger partial charge in [0.25, 0.3) is 0 Å². The van der Waals surface area contributed by atoms with Crippen LogP contribution < -0.4 is 20.1 Å². The standard InChI is InChI=1S/C30H37F3N2O5/c1-37-14-6-13-34-27(36)15-20-18-29(22-7-4-3-5-8-22)28(12-11-25(20)35-29)17-21(19-39-28)24-16-23(40-30(31,32)33)9-10-26(24)38-2/h3-5,7-10,16,20-21,25,35H,6,11-15,17-19H2,1-2H3,(H,34,36). The van der Waals surface area contributed by atoms with Crippen LogP contribution in [-0.4, -0.2) is 57.9 Å². The zero-order chi connectivity index (χ0) is 28.4. The van der Waals surface area contributed by atoms with E-state index >= 15 is 0 Å². The number of alkyl halides is 3. The molecule has 7 nitrogen and oxygen atoms in total. The number of methoxy groups -OCH3 is 2. The van der Waals surface area contributed by atoms with Gasteiger partial charge in [0.05, 0.1) is 24.9 Å². The Morgan fingerprint density at radius 3 is 2.67 bits per heavy atom. The Morgan fingerprint density at radius 1 is 1.15 bits per heavy atom. The second-order valence-electron chi connectivity index (χ2n) is 11.1. The Balaban J connectivity index is 1.41. The second kappa shape index (κ2) is 11.6. The summed E-state index contributed by atoms with van der Waals surface area (Å²) in [6.07, 6.45) is -0.644. The van der Waals surface area contributed by atoms with Crippen LogP contribution in [0.3, 0.4) is 0 Å². The third-order valence-corrected chi connectivity index (χ3v) is 8.78. The molecule has 1 amide bonds. The molecule has 0 aliphatic carbocycles. The van der Waals surface area contributed by atoms with Gasteiger partial charge in [0.15, 0.2) is 0 Å². The molecule has 3 heterocycles. The van der Waals surface area contributed by atoms with Crippen LogP contribution in [0.25, 0.3) is 0 Å². The summed E-state index contributed by atoms with van der Waals surface area (Å²) in [7, 11) is 3.15. The van der Waals surface area contributed by atoms with Crippen molar-refractivity contribution in [1.29, 1.82) is 0 Å². The number of nitrogens with one attached hydrogen (secondary N) is 2. The summed E-state index contributed by atoms with van der Waals surface area (Å²) in [5, 5.41) is 6.91. The lowest BCUT2D eigenvalue weighted by atomic mass is 9.67. The molecule has 3 aliphatic rings. The van der Waals surface area contributed by atoms with Gasteiger partial charge in [0.1, 0.15) is 11.5 Å². The number of rotatable bonds is 10. The molecular weight excluding hydrogens is 525 g/mol. The molecule has 5 rings (SSSR count). The smallest absolute Gasteiger partial charge is 0.496 e. The lowest BCUT2D eigenvalue weighted by Gasteiger charge is -2.50. The number of carbonyl (C=O) groups is 1. The third kappa shape index (κ3) is 5.66. The van der Waals surface area contributed by atoms with E-state index in [1.54, 1.807) is 7.11 Å². The number of hydrogen-bond acceptors (Lipinski definition) is 6. The van der Waals surface area contributed by atoms with Gasteiger partial charge < -0.3 is 29.6 Å². The fourth-order valence-corrected chi connectivity index (χ4v) is 7.09. The Hall–Kier alpha value is -2.82. The lowest BCUT2D eigenvalue weighted by molar-refractivity contribution is -0.274. The molecule has 3 saturated heterocycles. The average molecular weight is 563 g/mol. The van der Waals surface area contributed by atoms with Gasteiger partial charge in [-0.3, -0.25) is 4.79 Å². The molecular formula is C30H37F3N2O5. The number of amides is 1. The van der Waals surface area contributed by atoms with Crippen LogP contribution in [0.15, 0.2) is 48.5 Å². The number of halogens is 3. The van der Waals surface area contributed by atoms with Gasteiger partial charge in [-0.25, -0.2) is 0 Å². The average Bonchev–Trinajstić information content (AvgIpc) is 3.50. The maximum atomic E-state index is 13.0. The van der Waals surface area contributed by atoms with Crippen molar-refractivity contribution in [2.75, 3.05) is 34.0 Å². The summed E-state index contributed by atoms with van der Waals surface area (Å²) in [6.45, 7) is 1.52. The monoisotopic (exact) mass is 562 g/mol. The molecule has 2 aromatic carbocycles. The first-order valence-electron chi connectivity index (χ1n) is 13.8. The molecule has 0 radical (unpaired) electrons. The van der Waals surface area contributed by atoms with Crippen LogP contribution in [0.1, 0.15) is 55.6 Å². The van der Waals surface area contributed by atoms with Crippen molar-refractivity contribution in [1.82, 2.24) is 10.6 Å². The van der Waals surface area contributed by atoms with Crippen molar-refractivity contribution in [3.05, 3.63) is 59.7 Å². The first-order valence-corrected chi connectivity index (χ1v) is 13.8. The Morgan fingerprint density at radius 2 is 1.95 bits per heavy atom. The van der Waals surface area contributed by atoms with Gasteiger partial charge in [0.2, 0.25) is 5.91 Å². The van der Waals surface area contributed by atoms with Gasteiger partial charge in [0, 0.05) is 44.2 Å². The van der Waals surface area contributed by atoms with E-state index in [0.717, 1.165) is 31.2 Å². The predicted octanol–water partition coefficient (Wildman–Crippen LogP) is 5.05. The first kappa shape index (κ1) is 28.7. The largest absolute Gasteiger partial charge is 0.573 e. The maximum Gasteiger partial charge on any atom is 0.573 e. The highest BCUT2D eigenvalue weighted by atomic mass is 19.4. The van der Waals surface area contributed by atoms with E-state index in [1.807, 2.05) is 18.2 Å². The van der Waals surface area contributed by atoms with E-state index in [0.29, 0.717) is 43.9 Å². The van der Waals surface area contributed by atoms with Crippen molar-refractivity contribution in [2.45, 2.75) is 68.0 Å². The first-order chi connectivity index (χ1) is 19.2. The van der Waals surface area contributed by atoms with E-state index in [1.165, 1.54) is 25.3 Å². The second-order valence-corrected chi connectivity index (χ2v) is 11.1. The highest BCUT2D eigenvalue weighted by Gasteiger charge is 2.64.